The van der Waals surface area contributed by atoms with E-state index in [1.165, 1.54) is 30.7 Å². The van der Waals surface area contributed by atoms with Crippen molar-refractivity contribution in [1.29, 1.82) is 0 Å². The number of nitrogens with one attached hydrogen (secondary N) is 1. The van der Waals surface area contributed by atoms with E-state index in [1.54, 1.807) is 0 Å². The molecule has 1 amide bonds. The quantitative estimate of drug-likeness (QED) is 0.825. The Hall–Kier alpha value is -0.520. The summed E-state index contributed by atoms with van der Waals surface area (Å²) in [6.07, 6.45) is 2.45. The number of carbonyl (C=O) groups excluding carboxylic acids is 1. The standard InChI is InChI=1S/C12H18N2OS2/c1-14-4-2-3-9(7-14)6-13-12(15)11-5-10(16)8-17-11/h5,8-9,16H,2-4,6-7H2,1H3,(H,13,15). The van der Waals surface area contributed by atoms with E-state index in [9.17, 15) is 4.79 Å². The maximum atomic E-state index is 11.8. The van der Waals surface area contributed by atoms with Gasteiger partial charge in [0, 0.05) is 23.4 Å². The summed E-state index contributed by atoms with van der Waals surface area (Å²) >= 11 is 5.65. The highest BCUT2D eigenvalue weighted by molar-refractivity contribution is 7.80. The number of amides is 1. The second-order valence-corrected chi connectivity index (χ2v) is 6.08. The molecule has 0 bridgehead atoms. The van der Waals surface area contributed by atoms with Gasteiger partial charge >= 0.3 is 0 Å². The average molecular weight is 270 g/mol. The molecule has 1 unspecified atom stereocenters. The topological polar surface area (TPSA) is 32.3 Å². The second-order valence-electron chi connectivity index (χ2n) is 4.65. The molecule has 5 heteroatoms. The first-order chi connectivity index (χ1) is 8.15. The van der Waals surface area contributed by atoms with E-state index in [4.69, 9.17) is 0 Å². The fourth-order valence-electron chi connectivity index (χ4n) is 2.21. The molecule has 0 spiro atoms. The van der Waals surface area contributed by atoms with Crippen molar-refractivity contribution in [1.82, 2.24) is 10.2 Å². The Kier molecular flexibility index (Phi) is 4.48. The summed E-state index contributed by atoms with van der Waals surface area (Å²) in [7, 11) is 2.14. The van der Waals surface area contributed by atoms with Crippen molar-refractivity contribution in [2.75, 3.05) is 26.7 Å². The normalized spacial score (nSPS) is 21.4. The molecular formula is C12H18N2OS2. The van der Waals surface area contributed by atoms with E-state index in [1.807, 2.05) is 11.4 Å². The van der Waals surface area contributed by atoms with Crippen LogP contribution in [-0.4, -0.2) is 37.5 Å². The molecule has 0 saturated carbocycles. The third kappa shape index (κ3) is 3.72. The fraction of sp³-hybridized carbons (Fsp3) is 0.583. The first-order valence-corrected chi connectivity index (χ1v) is 7.22. The van der Waals surface area contributed by atoms with E-state index in [-0.39, 0.29) is 5.91 Å². The molecule has 0 aromatic carbocycles. The van der Waals surface area contributed by atoms with Gasteiger partial charge in [-0.25, -0.2) is 0 Å². The Morgan fingerprint density at radius 3 is 3.18 bits per heavy atom. The molecule has 1 fully saturated rings. The molecule has 1 atom stereocenters. The first-order valence-electron chi connectivity index (χ1n) is 5.89. The summed E-state index contributed by atoms with van der Waals surface area (Å²) in [6, 6.07) is 1.82. The van der Waals surface area contributed by atoms with Gasteiger partial charge in [0.05, 0.1) is 4.88 Å². The predicted molar refractivity (Wildman–Crippen MR) is 74.1 cm³/mol. The molecule has 94 valence electrons. The van der Waals surface area contributed by atoms with Crippen molar-refractivity contribution >= 4 is 29.9 Å². The predicted octanol–water partition coefficient (Wildman–Crippen LogP) is 2.11. The lowest BCUT2D eigenvalue weighted by atomic mass is 9.98. The van der Waals surface area contributed by atoms with Crippen molar-refractivity contribution < 1.29 is 4.79 Å². The number of hydrogen-bond donors (Lipinski definition) is 2. The van der Waals surface area contributed by atoms with Crippen molar-refractivity contribution in [3.05, 3.63) is 16.3 Å². The van der Waals surface area contributed by atoms with Crippen LogP contribution in [0.15, 0.2) is 16.3 Å². The number of likely N-dealkylation sites (tertiary alicyclic amines) is 1. The summed E-state index contributed by atoms with van der Waals surface area (Å²) in [5.74, 6) is 0.622. The maximum Gasteiger partial charge on any atom is 0.261 e. The van der Waals surface area contributed by atoms with Crippen LogP contribution in [0.1, 0.15) is 22.5 Å². The van der Waals surface area contributed by atoms with E-state index in [2.05, 4.69) is 29.9 Å². The highest BCUT2D eigenvalue weighted by atomic mass is 32.1. The van der Waals surface area contributed by atoms with E-state index >= 15 is 0 Å². The number of carbonyl (C=O) groups is 1. The molecule has 1 aromatic heterocycles. The van der Waals surface area contributed by atoms with Crippen LogP contribution in [0.25, 0.3) is 0 Å². The summed E-state index contributed by atoms with van der Waals surface area (Å²) in [5, 5.41) is 4.89. The number of thiophene rings is 1. The van der Waals surface area contributed by atoms with Crippen molar-refractivity contribution in [3.8, 4) is 0 Å². The molecule has 1 aliphatic rings. The lowest BCUT2D eigenvalue weighted by molar-refractivity contribution is 0.0941. The molecule has 3 nitrogen and oxygen atoms in total. The summed E-state index contributed by atoms with van der Waals surface area (Å²) in [6.45, 7) is 3.05. The molecule has 2 heterocycles. The minimum Gasteiger partial charge on any atom is -0.351 e. The van der Waals surface area contributed by atoms with Crippen LogP contribution >= 0.6 is 24.0 Å². The van der Waals surface area contributed by atoms with Crippen molar-refractivity contribution in [3.63, 3.8) is 0 Å². The van der Waals surface area contributed by atoms with Crippen LogP contribution in [0.4, 0.5) is 0 Å². The summed E-state index contributed by atoms with van der Waals surface area (Å²) in [5.41, 5.74) is 0. The monoisotopic (exact) mass is 270 g/mol. The second kappa shape index (κ2) is 5.89. The van der Waals surface area contributed by atoms with Gasteiger partial charge < -0.3 is 10.2 Å². The zero-order chi connectivity index (χ0) is 12.3. The fourth-order valence-corrected chi connectivity index (χ4v) is 3.27. The Balaban J connectivity index is 1.80. The van der Waals surface area contributed by atoms with Gasteiger partial charge in [0.15, 0.2) is 0 Å². The molecule has 0 radical (unpaired) electrons. The molecule has 1 aromatic rings. The zero-order valence-corrected chi connectivity index (χ0v) is 11.7. The average Bonchev–Trinajstić information content (AvgIpc) is 2.73. The number of piperidine rings is 1. The minimum absolute atomic E-state index is 0.0310. The summed E-state index contributed by atoms with van der Waals surface area (Å²) < 4.78 is 0. The highest BCUT2D eigenvalue weighted by Gasteiger charge is 2.18. The van der Waals surface area contributed by atoms with E-state index < -0.39 is 0 Å². The van der Waals surface area contributed by atoms with Gasteiger partial charge in [-0.2, -0.15) is 0 Å². The van der Waals surface area contributed by atoms with E-state index in [0.717, 1.165) is 22.9 Å². The van der Waals surface area contributed by atoms with Gasteiger partial charge in [0.1, 0.15) is 0 Å². The third-order valence-electron chi connectivity index (χ3n) is 3.08. The van der Waals surface area contributed by atoms with Crippen LogP contribution in [-0.2, 0) is 0 Å². The van der Waals surface area contributed by atoms with Gasteiger partial charge in [-0.1, -0.05) is 0 Å². The van der Waals surface area contributed by atoms with Gasteiger partial charge in [-0.05, 0) is 38.4 Å². The first kappa shape index (κ1) is 12.9. The number of thiol groups is 1. The molecule has 0 aliphatic carbocycles. The largest absolute Gasteiger partial charge is 0.351 e. The van der Waals surface area contributed by atoms with Gasteiger partial charge in [-0.15, -0.1) is 24.0 Å². The zero-order valence-electron chi connectivity index (χ0n) is 9.98. The molecule has 1 saturated heterocycles. The molecule has 2 rings (SSSR count). The molecular weight excluding hydrogens is 252 g/mol. The molecule has 1 N–H and O–H groups in total. The Bertz CT molecular complexity index is 392. The summed E-state index contributed by atoms with van der Waals surface area (Å²) in [4.78, 5) is 15.8. The van der Waals surface area contributed by atoms with Crippen LogP contribution in [0.2, 0.25) is 0 Å². The van der Waals surface area contributed by atoms with Crippen LogP contribution in [0, 0.1) is 5.92 Å². The minimum atomic E-state index is 0.0310. The number of nitrogens with zero attached hydrogens (tertiary/aromatic N) is 1. The molecule has 1 aliphatic heterocycles. The number of hydrogen-bond acceptors (Lipinski definition) is 4. The molecule has 17 heavy (non-hydrogen) atoms. The van der Waals surface area contributed by atoms with Gasteiger partial charge in [0.25, 0.3) is 5.91 Å². The van der Waals surface area contributed by atoms with Crippen LogP contribution < -0.4 is 5.32 Å². The van der Waals surface area contributed by atoms with Crippen molar-refractivity contribution in [2.45, 2.75) is 17.7 Å². The Morgan fingerprint density at radius 2 is 2.53 bits per heavy atom. The third-order valence-corrected chi connectivity index (χ3v) is 4.44. The van der Waals surface area contributed by atoms with E-state index in [0.29, 0.717) is 5.92 Å². The van der Waals surface area contributed by atoms with Crippen molar-refractivity contribution in [2.24, 2.45) is 5.92 Å². The smallest absolute Gasteiger partial charge is 0.261 e. The Labute approximate surface area is 112 Å². The van der Waals surface area contributed by atoms with Crippen LogP contribution in [0.5, 0.6) is 0 Å². The SMILES string of the molecule is CN1CCCC(CNC(=O)c2cc(S)cs2)C1. The Morgan fingerprint density at radius 1 is 1.71 bits per heavy atom. The lowest BCUT2D eigenvalue weighted by Crippen LogP contribution is -2.38. The highest BCUT2D eigenvalue weighted by Crippen LogP contribution is 2.18. The van der Waals surface area contributed by atoms with Gasteiger partial charge in [-0.3, -0.25) is 4.79 Å². The number of rotatable bonds is 3. The van der Waals surface area contributed by atoms with Crippen LogP contribution in [0.3, 0.4) is 0 Å². The van der Waals surface area contributed by atoms with Gasteiger partial charge in [0.2, 0.25) is 0 Å². The lowest BCUT2D eigenvalue weighted by Gasteiger charge is -2.29. The maximum absolute atomic E-state index is 11.8.